The van der Waals surface area contributed by atoms with Crippen LogP contribution >= 0.6 is 0 Å². The van der Waals surface area contributed by atoms with Gasteiger partial charge in [0.25, 0.3) is 0 Å². The summed E-state index contributed by atoms with van der Waals surface area (Å²) in [5.74, 6) is 1.22. The molecule has 3 rings (SSSR count). The van der Waals surface area contributed by atoms with Gasteiger partial charge in [0.2, 0.25) is 0 Å². The van der Waals surface area contributed by atoms with Crippen LogP contribution in [0.1, 0.15) is 211 Å². The summed E-state index contributed by atoms with van der Waals surface area (Å²) in [4.78, 5) is -0.436. The summed E-state index contributed by atoms with van der Waals surface area (Å²) in [7, 11) is -13.0. The van der Waals surface area contributed by atoms with E-state index >= 15 is 0 Å². The number of hydrogen-bond donors (Lipinski definition) is 0. The molecule has 0 aromatic heterocycles. The molecule has 0 aliphatic rings. The van der Waals surface area contributed by atoms with Crippen molar-refractivity contribution >= 4 is 30.4 Å². The van der Waals surface area contributed by atoms with Crippen LogP contribution in [0.15, 0.2) is 87.5 Å². The van der Waals surface area contributed by atoms with Crippen molar-refractivity contribution in [1.82, 2.24) is 0 Å². The van der Waals surface area contributed by atoms with Crippen LogP contribution in [0.4, 0.5) is 0 Å². The molecule has 0 saturated heterocycles. The fourth-order valence-corrected chi connectivity index (χ4v) is 8.49. The van der Waals surface area contributed by atoms with Crippen LogP contribution in [-0.2, 0) is 30.4 Å². The molecular formula is C48H75LaO9S3. The minimum absolute atomic E-state index is 0. The average molecular weight is 1030 g/mol. The van der Waals surface area contributed by atoms with Crippen LogP contribution in [0.2, 0.25) is 0 Å². The fourth-order valence-electron chi connectivity index (χ4n) is 7.08. The van der Waals surface area contributed by atoms with Crippen molar-refractivity contribution in [3.63, 3.8) is 0 Å². The van der Waals surface area contributed by atoms with E-state index in [0.29, 0.717) is 17.8 Å². The van der Waals surface area contributed by atoms with E-state index in [-0.39, 0.29) is 50.3 Å². The number of rotatable bonds is 27. The number of benzene rings is 3. The Kier molecular flexibility index (Phi) is 32.4. The smallest absolute Gasteiger partial charge is 0.744 e. The van der Waals surface area contributed by atoms with Gasteiger partial charge in [-0.05, 0) is 90.1 Å². The van der Waals surface area contributed by atoms with E-state index in [4.69, 9.17) is 0 Å². The van der Waals surface area contributed by atoms with Crippen molar-refractivity contribution < 1.29 is 74.5 Å². The zero-order valence-corrected chi connectivity index (χ0v) is 44.1. The van der Waals surface area contributed by atoms with Gasteiger partial charge in [-0.15, -0.1) is 0 Å². The maximum atomic E-state index is 10.9. The Labute approximate surface area is 399 Å². The van der Waals surface area contributed by atoms with Crippen LogP contribution in [0.3, 0.4) is 0 Å². The summed E-state index contributed by atoms with van der Waals surface area (Å²) in [5.41, 5.74) is 3.31. The normalized spacial score (nSPS) is 13.1. The molecule has 3 aromatic carbocycles. The molecule has 0 heterocycles. The molecule has 0 saturated carbocycles. The predicted octanol–water partition coefficient (Wildman–Crippen LogP) is 13.3. The largest absolute Gasteiger partial charge is 3.00 e. The van der Waals surface area contributed by atoms with E-state index in [1.54, 1.807) is 36.4 Å². The molecular weight excluding hydrogens is 956 g/mol. The van der Waals surface area contributed by atoms with E-state index in [2.05, 4.69) is 41.5 Å². The van der Waals surface area contributed by atoms with Crippen molar-refractivity contribution in [2.45, 2.75) is 209 Å². The van der Waals surface area contributed by atoms with Crippen LogP contribution in [0.25, 0.3) is 0 Å². The predicted molar refractivity (Wildman–Crippen MR) is 242 cm³/mol. The van der Waals surface area contributed by atoms with Gasteiger partial charge in [0.15, 0.2) is 0 Å². The summed E-state index contributed by atoms with van der Waals surface area (Å²) in [6.45, 7) is 13.1. The van der Waals surface area contributed by atoms with Crippen molar-refractivity contribution in [2.24, 2.45) is 0 Å². The Hall–Kier alpha value is -1.42. The second-order valence-electron chi connectivity index (χ2n) is 16.4. The molecule has 0 N–H and O–H groups in total. The third-order valence-electron chi connectivity index (χ3n) is 11.2. The van der Waals surface area contributed by atoms with Gasteiger partial charge >= 0.3 is 35.6 Å². The second-order valence-corrected chi connectivity index (χ2v) is 20.6. The van der Waals surface area contributed by atoms with Gasteiger partial charge in [0.1, 0.15) is 30.4 Å². The summed E-state index contributed by atoms with van der Waals surface area (Å²) in [6, 6.07) is 19.0. The monoisotopic (exact) mass is 1030 g/mol. The zero-order valence-electron chi connectivity index (χ0n) is 38.0. The molecule has 3 unspecified atom stereocenters. The van der Waals surface area contributed by atoms with Gasteiger partial charge in [0.05, 0.1) is 14.7 Å². The standard InChI is InChI=1S/3C16H26O3S.La/c3*1-3-4-5-6-7-8-9-14(2)15-10-12-16(13-11-15)20(17,18)19;/h3*10-14H,3-9H2,1-2H3,(H,17,18,19);/q;;;+3/p-3. The van der Waals surface area contributed by atoms with Crippen molar-refractivity contribution in [2.75, 3.05) is 0 Å². The van der Waals surface area contributed by atoms with Crippen LogP contribution in [0.5, 0.6) is 0 Å². The van der Waals surface area contributed by atoms with Crippen molar-refractivity contribution in [3.05, 3.63) is 89.5 Å². The molecule has 61 heavy (non-hydrogen) atoms. The molecule has 0 amide bonds. The first-order chi connectivity index (χ1) is 28.3. The Morgan fingerprint density at radius 1 is 0.344 bits per heavy atom. The first-order valence-corrected chi connectivity index (χ1v) is 26.7. The van der Waals surface area contributed by atoms with E-state index in [0.717, 1.165) is 36.0 Å². The Bertz CT molecular complexity index is 1660. The molecule has 0 aliphatic carbocycles. The van der Waals surface area contributed by atoms with E-state index < -0.39 is 30.4 Å². The van der Waals surface area contributed by atoms with Gasteiger partial charge in [-0.25, -0.2) is 25.3 Å². The minimum atomic E-state index is -4.33. The molecule has 0 radical (unpaired) electrons. The molecule has 0 spiro atoms. The van der Waals surface area contributed by atoms with Crippen molar-refractivity contribution in [3.8, 4) is 0 Å². The van der Waals surface area contributed by atoms with E-state index in [1.807, 2.05) is 0 Å². The number of unbranched alkanes of at least 4 members (excludes halogenated alkanes) is 15. The maximum Gasteiger partial charge on any atom is 3.00 e. The molecule has 9 nitrogen and oxygen atoms in total. The molecule has 3 atom stereocenters. The van der Waals surface area contributed by atoms with Gasteiger partial charge < -0.3 is 13.7 Å². The van der Waals surface area contributed by atoms with Gasteiger partial charge in [-0.1, -0.05) is 194 Å². The van der Waals surface area contributed by atoms with Gasteiger partial charge in [-0.3, -0.25) is 0 Å². The third-order valence-corrected chi connectivity index (χ3v) is 13.7. The summed E-state index contributed by atoms with van der Waals surface area (Å²) < 4.78 is 97.7. The Morgan fingerprint density at radius 2 is 0.525 bits per heavy atom. The molecule has 0 fully saturated rings. The van der Waals surface area contributed by atoms with E-state index in [1.165, 1.54) is 152 Å². The van der Waals surface area contributed by atoms with Crippen molar-refractivity contribution in [1.29, 1.82) is 0 Å². The number of hydrogen-bond acceptors (Lipinski definition) is 9. The molecule has 3 aromatic rings. The topological polar surface area (TPSA) is 172 Å². The molecule has 342 valence electrons. The Balaban J connectivity index is 0.000000878. The molecule has 0 aliphatic heterocycles. The molecule has 13 heteroatoms. The van der Waals surface area contributed by atoms with Gasteiger partial charge in [0, 0.05) is 0 Å². The summed E-state index contributed by atoms with van der Waals surface area (Å²) in [6.07, 6.45) is 26.3. The van der Waals surface area contributed by atoms with Crippen LogP contribution < -0.4 is 0 Å². The third kappa shape index (κ3) is 27.5. The summed E-state index contributed by atoms with van der Waals surface area (Å²) >= 11 is 0. The zero-order chi connectivity index (χ0) is 45.0. The quantitative estimate of drug-likeness (QED) is 0.0532. The van der Waals surface area contributed by atoms with Crippen LogP contribution in [-0.4, -0.2) is 38.9 Å². The first-order valence-electron chi connectivity index (χ1n) is 22.5. The summed E-state index contributed by atoms with van der Waals surface area (Å²) in [5, 5.41) is 0. The Morgan fingerprint density at radius 3 is 0.705 bits per heavy atom. The van der Waals surface area contributed by atoms with E-state index in [9.17, 15) is 38.9 Å². The first kappa shape index (κ1) is 59.6. The molecule has 0 bridgehead atoms. The van der Waals surface area contributed by atoms with Crippen LogP contribution in [0, 0.1) is 35.6 Å². The second kappa shape index (κ2) is 33.1. The average Bonchev–Trinajstić information content (AvgIpc) is 3.21. The minimum Gasteiger partial charge on any atom is -0.744 e. The maximum absolute atomic E-state index is 10.9. The fraction of sp³-hybridized carbons (Fsp3) is 0.625. The van der Waals surface area contributed by atoms with Gasteiger partial charge in [-0.2, -0.15) is 0 Å². The SMILES string of the molecule is CCCCCCCCC(C)c1ccc(S(=O)(=O)[O-])cc1.CCCCCCCCC(C)c1ccc(S(=O)(=O)[O-])cc1.CCCCCCCCC(C)c1ccc(S(=O)(=O)[O-])cc1.[La+3].